The number of benzene rings is 2. The van der Waals surface area contributed by atoms with Crippen molar-refractivity contribution in [2.75, 3.05) is 16.0 Å². The molecule has 0 aliphatic heterocycles. The van der Waals surface area contributed by atoms with Crippen LogP contribution < -0.4 is 10.2 Å². The quantitative estimate of drug-likeness (QED) is 0.560. The van der Waals surface area contributed by atoms with Crippen molar-refractivity contribution < 1.29 is 4.79 Å². The molecule has 0 aliphatic rings. The minimum absolute atomic E-state index is 0.0617. The van der Waals surface area contributed by atoms with Crippen LogP contribution in [0.15, 0.2) is 58.9 Å². The predicted molar refractivity (Wildman–Crippen MR) is 114 cm³/mol. The number of thioether (sulfide) groups is 1. The first kappa shape index (κ1) is 19.4. The van der Waals surface area contributed by atoms with Crippen LogP contribution in [0, 0.1) is 6.92 Å². The van der Waals surface area contributed by atoms with E-state index in [1.54, 1.807) is 0 Å². The standard InChI is InChI=1S/C20H22N4OS2/c1-14(2)24(19(25)13-26-20-23-22-15(3)27-20)18-11-9-17(10-12-18)21-16-7-5-4-6-8-16/h4-12,14,21H,13H2,1-3H3. The Morgan fingerprint density at radius 1 is 1.07 bits per heavy atom. The van der Waals surface area contributed by atoms with Crippen LogP contribution >= 0.6 is 23.1 Å². The van der Waals surface area contributed by atoms with Gasteiger partial charge in [-0.3, -0.25) is 4.79 Å². The molecular formula is C20H22N4OS2. The van der Waals surface area contributed by atoms with Gasteiger partial charge in [-0.1, -0.05) is 41.3 Å². The number of aryl methyl sites for hydroxylation is 1. The van der Waals surface area contributed by atoms with E-state index in [0.29, 0.717) is 5.75 Å². The van der Waals surface area contributed by atoms with Gasteiger partial charge in [0.1, 0.15) is 5.01 Å². The molecule has 0 spiro atoms. The Morgan fingerprint density at radius 2 is 1.74 bits per heavy atom. The Hall–Kier alpha value is -2.38. The lowest BCUT2D eigenvalue weighted by molar-refractivity contribution is -0.116. The van der Waals surface area contributed by atoms with Gasteiger partial charge in [-0.05, 0) is 57.2 Å². The van der Waals surface area contributed by atoms with Gasteiger partial charge in [0.15, 0.2) is 4.34 Å². The average molecular weight is 399 g/mol. The number of amides is 1. The molecule has 0 atom stereocenters. The summed E-state index contributed by atoms with van der Waals surface area (Å²) in [6.45, 7) is 5.95. The van der Waals surface area contributed by atoms with Crippen LogP contribution in [0.2, 0.25) is 0 Å². The molecule has 3 rings (SSSR count). The molecule has 3 aromatic rings. The first-order valence-corrected chi connectivity index (χ1v) is 10.5. The topological polar surface area (TPSA) is 58.1 Å². The minimum atomic E-state index is 0.0617. The van der Waals surface area contributed by atoms with Crippen LogP contribution in [0.25, 0.3) is 0 Å². The number of nitrogens with zero attached hydrogens (tertiary/aromatic N) is 3. The summed E-state index contributed by atoms with van der Waals surface area (Å²) in [6, 6.07) is 18.0. The van der Waals surface area contributed by atoms with Crippen LogP contribution in [0.1, 0.15) is 18.9 Å². The Kier molecular flexibility index (Phi) is 6.47. The molecule has 0 unspecified atom stereocenters. The van der Waals surface area contributed by atoms with Gasteiger partial charge in [0.2, 0.25) is 5.91 Å². The second-order valence-corrected chi connectivity index (χ2v) is 8.68. The molecule has 0 fully saturated rings. The number of aromatic nitrogens is 2. The van der Waals surface area contributed by atoms with E-state index in [1.165, 1.54) is 23.1 Å². The average Bonchev–Trinajstić information content (AvgIpc) is 3.07. The van der Waals surface area contributed by atoms with Crippen molar-refractivity contribution in [3.63, 3.8) is 0 Å². The van der Waals surface area contributed by atoms with E-state index in [4.69, 9.17) is 0 Å². The third kappa shape index (κ3) is 5.30. The molecule has 140 valence electrons. The summed E-state index contributed by atoms with van der Waals surface area (Å²) >= 11 is 2.95. The molecule has 0 aliphatic carbocycles. The molecule has 1 aromatic heterocycles. The lowest BCUT2D eigenvalue weighted by Crippen LogP contribution is -2.38. The SMILES string of the molecule is Cc1nnc(SCC(=O)N(c2ccc(Nc3ccccc3)cc2)C(C)C)s1. The van der Waals surface area contributed by atoms with Gasteiger partial charge in [0, 0.05) is 23.1 Å². The van der Waals surface area contributed by atoms with Crippen molar-refractivity contribution in [2.24, 2.45) is 0 Å². The van der Waals surface area contributed by atoms with E-state index in [0.717, 1.165) is 26.4 Å². The molecule has 1 amide bonds. The van der Waals surface area contributed by atoms with Gasteiger partial charge >= 0.3 is 0 Å². The monoisotopic (exact) mass is 398 g/mol. The Bertz CT molecular complexity index is 879. The molecular weight excluding hydrogens is 376 g/mol. The number of carbonyl (C=O) groups is 1. The second kappa shape index (κ2) is 9.01. The smallest absolute Gasteiger partial charge is 0.237 e. The van der Waals surface area contributed by atoms with Crippen molar-refractivity contribution in [1.82, 2.24) is 10.2 Å². The van der Waals surface area contributed by atoms with Crippen molar-refractivity contribution >= 4 is 46.1 Å². The van der Waals surface area contributed by atoms with Gasteiger partial charge in [0.25, 0.3) is 0 Å². The van der Waals surface area contributed by atoms with Crippen LogP contribution in [0.3, 0.4) is 0 Å². The van der Waals surface area contributed by atoms with Crippen molar-refractivity contribution in [3.8, 4) is 0 Å². The predicted octanol–water partition coefficient (Wildman–Crippen LogP) is 5.12. The van der Waals surface area contributed by atoms with Gasteiger partial charge in [0.05, 0.1) is 5.75 Å². The van der Waals surface area contributed by atoms with Crippen LogP contribution in [0.4, 0.5) is 17.1 Å². The third-order valence-electron chi connectivity index (χ3n) is 3.82. The number of nitrogens with one attached hydrogen (secondary N) is 1. The van der Waals surface area contributed by atoms with E-state index < -0.39 is 0 Å². The molecule has 5 nitrogen and oxygen atoms in total. The number of hydrogen-bond donors (Lipinski definition) is 1. The van der Waals surface area contributed by atoms with Gasteiger partial charge in [-0.25, -0.2) is 0 Å². The normalized spacial score (nSPS) is 10.8. The maximum Gasteiger partial charge on any atom is 0.237 e. The highest BCUT2D eigenvalue weighted by Gasteiger charge is 2.20. The molecule has 27 heavy (non-hydrogen) atoms. The molecule has 7 heteroatoms. The summed E-state index contributed by atoms with van der Waals surface area (Å²) in [6.07, 6.45) is 0. The van der Waals surface area contributed by atoms with E-state index in [9.17, 15) is 4.79 Å². The fourth-order valence-electron chi connectivity index (χ4n) is 2.65. The third-order valence-corrected chi connectivity index (χ3v) is 5.78. The molecule has 2 aromatic carbocycles. The van der Waals surface area contributed by atoms with E-state index in [-0.39, 0.29) is 11.9 Å². The Morgan fingerprint density at radius 3 is 2.33 bits per heavy atom. The molecule has 0 saturated heterocycles. The molecule has 0 radical (unpaired) electrons. The van der Waals surface area contributed by atoms with Crippen LogP contribution in [0.5, 0.6) is 0 Å². The highest BCUT2D eigenvalue weighted by atomic mass is 32.2. The van der Waals surface area contributed by atoms with E-state index in [2.05, 4.69) is 15.5 Å². The van der Waals surface area contributed by atoms with Crippen LogP contribution in [-0.4, -0.2) is 27.9 Å². The number of anilines is 3. The van der Waals surface area contributed by atoms with Crippen molar-refractivity contribution in [3.05, 3.63) is 59.6 Å². The highest BCUT2D eigenvalue weighted by molar-refractivity contribution is 8.01. The molecule has 1 heterocycles. The molecule has 0 saturated carbocycles. The number of para-hydroxylation sites is 1. The fourth-order valence-corrected chi connectivity index (χ4v) is 4.33. The van der Waals surface area contributed by atoms with Crippen molar-refractivity contribution in [1.29, 1.82) is 0 Å². The van der Waals surface area contributed by atoms with Gasteiger partial charge in [-0.2, -0.15) is 0 Å². The van der Waals surface area contributed by atoms with E-state index >= 15 is 0 Å². The summed E-state index contributed by atoms with van der Waals surface area (Å²) in [5, 5.41) is 12.3. The highest BCUT2D eigenvalue weighted by Crippen LogP contribution is 2.26. The number of hydrogen-bond acceptors (Lipinski definition) is 6. The number of carbonyl (C=O) groups excluding carboxylic acids is 1. The lowest BCUT2D eigenvalue weighted by atomic mass is 10.2. The Labute approximate surface area is 167 Å². The zero-order chi connectivity index (χ0) is 19.2. The van der Waals surface area contributed by atoms with Crippen LogP contribution in [-0.2, 0) is 4.79 Å². The zero-order valence-corrected chi connectivity index (χ0v) is 17.2. The Balaban J connectivity index is 1.67. The van der Waals surface area contributed by atoms with E-state index in [1.807, 2.05) is 80.3 Å². The largest absolute Gasteiger partial charge is 0.356 e. The summed E-state index contributed by atoms with van der Waals surface area (Å²) in [4.78, 5) is 14.6. The van der Waals surface area contributed by atoms with Gasteiger partial charge < -0.3 is 10.2 Å². The first-order valence-electron chi connectivity index (χ1n) is 8.70. The zero-order valence-electron chi connectivity index (χ0n) is 15.5. The summed E-state index contributed by atoms with van der Waals surface area (Å²) < 4.78 is 0.826. The second-order valence-electron chi connectivity index (χ2n) is 6.27. The molecule has 1 N–H and O–H groups in total. The van der Waals surface area contributed by atoms with Gasteiger partial charge in [-0.15, -0.1) is 10.2 Å². The maximum atomic E-state index is 12.8. The molecule has 0 bridgehead atoms. The first-order chi connectivity index (χ1) is 13.0. The fraction of sp³-hybridized carbons (Fsp3) is 0.250. The lowest BCUT2D eigenvalue weighted by Gasteiger charge is -2.27. The summed E-state index contributed by atoms with van der Waals surface area (Å²) in [5.74, 6) is 0.406. The summed E-state index contributed by atoms with van der Waals surface area (Å²) in [7, 11) is 0. The summed E-state index contributed by atoms with van der Waals surface area (Å²) in [5.41, 5.74) is 2.91. The van der Waals surface area contributed by atoms with Crippen molar-refractivity contribution in [2.45, 2.75) is 31.2 Å². The number of rotatable bonds is 7. The minimum Gasteiger partial charge on any atom is -0.356 e. The maximum absolute atomic E-state index is 12.8.